The molecule has 0 heterocycles. The van der Waals surface area contributed by atoms with Crippen molar-refractivity contribution in [1.82, 2.24) is 4.31 Å². The Balaban J connectivity index is 3.40. The van der Waals surface area contributed by atoms with Crippen molar-refractivity contribution >= 4 is 27.3 Å². The molecule has 0 amide bonds. The average Bonchev–Trinajstić information content (AvgIpc) is 2.33. The minimum atomic E-state index is -4.05. The second kappa shape index (κ2) is 6.18. The van der Waals surface area contributed by atoms with Crippen LogP contribution in [-0.2, 0) is 10.0 Å². The van der Waals surface area contributed by atoms with Gasteiger partial charge in [0.2, 0.25) is 10.0 Å². The third-order valence-corrected chi connectivity index (χ3v) is 4.36. The summed E-state index contributed by atoms with van der Waals surface area (Å²) in [6.07, 6.45) is 2.79. The monoisotopic (exact) mass is 304 g/mol. The molecule has 1 aromatic rings. The van der Waals surface area contributed by atoms with E-state index in [1.165, 1.54) is 12.2 Å². The van der Waals surface area contributed by atoms with Crippen LogP contribution in [0.5, 0.6) is 0 Å². The number of nitrogens with two attached hydrogens (primary N) is 1. The van der Waals surface area contributed by atoms with Gasteiger partial charge in [0, 0.05) is 18.1 Å². The Hall–Kier alpha value is -1.37. The van der Waals surface area contributed by atoms with Crippen LogP contribution in [0.1, 0.15) is 0 Å². The molecular weight excluding hydrogens is 291 g/mol. The summed E-state index contributed by atoms with van der Waals surface area (Å²) in [5.74, 6) is -1.01. The third-order valence-electron chi connectivity index (χ3n) is 2.32. The van der Waals surface area contributed by atoms with E-state index < -0.39 is 20.7 Å². The normalized spacial score (nSPS) is 11.5. The van der Waals surface area contributed by atoms with Crippen LogP contribution in [0.4, 0.5) is 10.1 Å². The molecule has 0 saturated heterocycles. The summed E-state index contributed by atoms with van der Waals surface area (Å²) in [7, 11) is -4.05. The first-order valence-corrected chi connectivity index (χ1v) is 7.12. The van der Waals surface area contributed by atoms with E-state index in [-0.39, 0.29) is 23.8 Å². The smallest absolute Gasteiger partial charge is 0.246 e. The topological polar surface area (TPSA) is 63.4 Å². The van der Waals surface area contributed by atoms with Gasteiger partial charge in [-0.05, 0) is 12.1 Å². The van der Waals surface area contributed by atoms with Crippen LogP contribution < -0.4 is 5.73 Å². The summed E-state index contributed by atoms with van der Waals surface area (Å²) in [4.78, 5) is -0.554. The molecule has 0 radical (unpaired) electrons. The van der Waals surface area contributed by atoms with Crippen molar-refractivity contribution in [3.63, 3.8) is 0 Å². The summed E-state index contributed by atoms with van der Waals surface area (Å²) in [5, 5.41) is 0.0506. The number of rotatable bonds is 6. The summed E-state index contributed by atoms with van der Waals surface area (Å²) in [6.45, 7) is 6.98. The van der Waals surface area contributed by atoms with Crippen LogP contribution in [0.15, 0.2) is 42.3 Å². The van der Waals surface area contributed by atoms with E-state index in [1.54, 1.807) is 0 Å². The largest absolute Gasteiger partial charge is 0.396 e. The Bertz CT molecular complexity index is 592. The highest BCUT2D eigenvalue weighted by molar-refractivity contribution is 7.89. The first-order chi connectivity index (χ1) is 8.84. The van der Waals surface area contributed by atoms with E-state index in [1.807, 2.05) is 0 Å². The number of nitrogens with zero attached hydrogens (tertiary/aromatic N) is 1. The van der Waals surface area contributed by atoms with E-state index in [0.29, 0.717) is 0 Å². The summed E-state index contributed by atoms with van der Waals surface area (Å²) in [5.41, 5.74) is 5.07. The molecule has 7 heteroatoms. The molecular formula is C12H14ClFN2O2S. The minimum Gasteiger partial charge on any atom is -0.396 e. The number of anilines is 1. The SMILES string of the molecule is C=CCN(CC=C)S(=O)(=O)c1cc(Cl)cc(N)c1F. The van der Waals surface area contributed by atoms with Crippen molar-refractivity contribution in [2.24, 2.45) is 0 Å². The quantitative estimate of drug-likeness (QED) is 0.648. The fraction of sp³-hybridized carbons (Fsp3) is 0.167. The zero-order valence-electron chi connectivity index (χ0n) is 10.1. The molecule has 0 saturated carbocycles. The lowest BCUT2D eigenvalue weighted by Crippen LogP contribution is -2.32. The molecule has 19 heavy (non-hydrogen) atoms. The highest BCUT2D eigenvalue weighted by Gasteiger charge is 2.27. The Morgan fingerprint density at radius 1 is 1.32 bits per heavy atom. The van der Waals surface area contributed by atoms with Gasteiger partial charge in [0.25, 0.3) is 0 Å². The van der Waals surface area contributed by atoms with Gasteiger partial charge in [-0.1, -0.05) is 23.8 Å². The zero-order chi connectivity index (χ0) is 14.6. The highest BCUT2D eigenvalue weighted by atomic mass is 35.5. The van der Waals surface area contributed by atoms with Gasteiger partial charge in [0.15, 0.2) is 5.82 Å². The van der Waals surface area contributed by atoms with Gasteiger partial charge in [-0.3, -0.25) is 0 Å². The van der Waals surface area contributed by atoms with Crippen LogP contribution >= 0.6 is 11.6 Å². The number of hydrogen-bond donors (Lipinski definition) is 1. The van der Waals surface area contributed by atoms with Crippen LogP contribution in [0, 0.1) is 5.82 Å². The van der Waals surface area contributed by atoms with Crippen LogP contribution in [0.25, 0.3) is 0 Å². The maximum absolute atomic E-state index is 13.9. The number of nitrogen functional groups attached to an aromatic ring is 1. The lowest BCUT2D eigenvalue weighted by atomic mass is 10.3. The molecule has 0 aromatic heterocycles. The van der Waals surface area contributed by atoms with Crippen LogP contribution in [0.2, 0.25) is 5.02 Å². The fourth-order valence-corrected chi connectivity index (χ4v) is 3.26. The molecule has 0 spiro atoms. The van der Waals surface area contributed by atoms with Gasteiger partial charge in [0.05, 0.1) is 5.69 Å². The molecule has 104 valence electrons. The fourth-order valence-electron chi connectivity index (χ4n) is 1.47. The summed E-state index contributed by atoms with van der Waals surface area (Å²) < 4.78 is 39.5. The number of hydrogen-bond acceptors (Lipinski definition) is 3. The molecule has 2 N–H and O–H groups in total. The second-order valence-electron chi connectivity index (χ2n) is 3.71. The molecule has 1 aromatic carbocycles. The van der Waals surface area contributed by atoms with E-state index >= 15 is 0 Å². The van der Waals surface area contributed by atoms with Gasteiger partial charge >= 0.3 is 0 Å². The number of halogens is 2. The van der Waals surface area contributed by atoms with Crippen LogP contribution in [-0.4, -0.2) is 25.8 Å². The van der Waals surface area contributed by atoms with Gasteiger partial charge in [0.1, 0.15) is 4.90 Å². The van der Waals surface area contributed by atoms with E-state index in [2.05, 4.69) is 13.2 Å². The Kier molecular flexibility index (Phi) is 5.11. The molecule has 0 aliphatic carbocycles. The van der Waals surface area contributed by atoms with Crippen molar-refractivity contribution in [1.29, 1.82) is 0 Å². The van der Waals surface area contributed by atoms with Crippen molar-refractivity contribution in [2.45, 2.75) is 4.90 Å². The van der Waals surface area contributed by atoms with E-state index in [4.69, 9.17) is 17.3 Å². The maximum Gasteiger partial charge on any atom is 0.246 e. The second-order valence-corrected chi connectivity index (χ2v) is 6.05. The standard InChI is InChI=1S/C12H14ClFN2O2S/c1-3-5-16(6-4-2)19(17,18)11-8-9(13)7-10(15)12(11)14/h3-4,7-8H,1-2,5-6,15H2. The minimum absolute atomic E-state index is 0.0280. The van der Waals surface area contributed by atoms with Crippen molar-refractivity contribution in [3.8, 4) is 0 Å². The summed E-state index contributed by atoms with van der Waals surface area (Å²) >= 11 is 5.72. The third kappa shape index (κ3) is 3.34. The van der Waals surface area contributed by atoms with Crippen molar-refractivity contribution in [3.05, 3.63) is 48.3 Å². The molecule has 0 aliphatic heterocycles. The van der Waals surface area contributed by atoms with Gasteiger partial charge in [-0.2, -0.15) is 4.31 Å². The molecule has 0 aliphatic rings. The molecule has 0 fully saturated rings. The Morgan fingerprint density at radius 3 is 2.32 bits per heavy atom. The van der Waals surface area contributed by atoms with Gasteiger partial charge < -0.3 is 5.73 Å². The average molecular weight is 305 g/mol. The van der Waals surface area contributed by atoms with Crippen molar-refractivity contribution in [2.75, 3.05) is 18.8 Å². The van der Waals surface area contributed by atoms with E-state index in [9.17, 15) is 12.8 Å². The Labute approximate surface area is 117 Å². The number of benzene rings is 1. The molecule has 0 unspecified atom stereocenters. The lowest BCUT2D eigenvalue weighted by molar-refractivity contribution is 0.467. The lowest BCUT2D eigenvalue weighted by Gasteiger charge is -2.19. The Morgan fingerprint density at radius 2 is 1.84 bits per heavy atom. The summed E-state index contributed by atoms with van der Waals surface area (Å²) in [6, 6.07) is 2.18. The first-order valence-electron chi connectivity index (χ1n) is 5.31. The first kappa shape index (κ1) is 15.7. The molecule has 1 rings (SSSR count). The van der Waals surface area contributed by atoms with Crippen LogP contribution in [0.3, 0.4) is 0 Å². The predicted octanol–water partition coefficient (Wildman–Crippen LogP) is 2.42. The highest BCUT2D eigenvalue weighted by Crippen LogP contribution is 2.27. The number of sulfonamides is 1. The van der Waals surface area contributed by atoms with Crippen molar-refractivity contribution < 1.29 is 12.8 Å². The van der Waals surface area contributed by atoms with Gasteiger partial charge in [-0.25, -0.2) is 12.8 Å². The predicted molar refractivity (Wildman–Crippen MR) is 75.0 cm³/mol. The maximum atomic E-state index is 13.9. The molecule has 4 nitrogen and oxygen atoms in total. The molecule has 0 atom stereocenters. The molecule has 0 bridgehead atoms. The van der Waals surface area contributed by atoms with Gasteiger partial charge in [-0.15, -0.1) is 13.2 Å². The zero-order valence-corrected chi connectivity index (χ0v) is 11.7. The van der Waals surface area contributed by atoms with E-state index in [0.717, 1.165) is 16.4 Å².